The van der Waals surface area contributed by atoms with Crippen molar-refractivity contribution >= 4 is 23.5 Å². The van der Waals surface area contributed by atoms with Gasteiger partial charge in [0.1, 0.15) is 17.6 Å². The van der Waals surface area contributed by atoms with Crippen LogP contribution in [0.5, 0.6) is 11.5 Å². The molecule has 0 radical (unpaired) electrons. The molecule has 0 aromatic heterocycles. The highest BCUT2D eigenvalue weighted by Gasteiger charge is 2.11. The number of nitriles is 1. The van der Waals surface area contributed by atoms with Gasteiger partial charge in [0, 0.05) is 17.1 Å². The van der Waals surface area contributed by atoms with E-state index in [0.717, 1.165) is 18.4 Å². The monoisotopic (exact) mass is 490 g/mol. The first kappa shape index (κ1) is 25.8. The van der Waals surface area contributed by atoms with Crippen LogP contribution in [0, 0.1) is 11.3 Å². The Labute approximate surface area is 210 Å². The van der Waals surface area contributed by atoms with E-state index in [1.165, 1.54) is 0 Å². The fourth-order valence-corrected chi connectivity index (χ4v) is 3.41. The summed E-state index contributed by atoms with van der Waals surface area (Å²) in [5.74, 6) is 0.359. The molecule has 35 heavy (non-hydrogen) atoms. The topological polar surface area (TPSA) is 88.4 Å². The molecule has 1 N–H and O–H groups in total. The van der Waals surface area contributed by atoms with Gasteiger partial charge in [-0.25, -0.2) is 0 Å². The predicted octanol–water partition coefficient (Wildman–Crippen LogP) is 5.86. The van der Waals surface area contributed by atoms with Crippen LogP contribution in [0.4, 0.5) is 0 Å². The predicted molar refractivity (Wildman–Crippen MR) is 135 cm³/mol. The number of halogens is 1. The van der Waals surface area contributed by atoms with Crippen LogP contribution in [0.15, 0.2) is 66.7 Å². The standard InChI is InChI=1S/C28H27ClN2O4/c1-2-3-16-34-27(32)18-21-6-13-26(23(17-21)19-30)35-25-11-7-22(8-12-25)28(33)31-15-14-20-4-9-24(29)10-5-20/h4-13,17H,2-3,14-16,18H2,1H3,(H,31,33). The smallest absolute Gasteiger partial charge is 0.310 e. The van der Waals surface area contributed by atoms with Gasteiger partial charge in [0.25, 0.3) is 5.91 Å². The van der Waals surface area contributed by atoms with E-state index in [4.69, 9.17) is 21.1 Å². The van der Waals surface area contributed by atoms with Gasteiger partial charge in [-0.1, -0.05) is 43.1 Å². The molecule has 3 aromatic rings. The zero-order valence-electron chi connectivity index (χ0n) is 19.6. The number of rotatable bonds is 11. The average Bonchev–Trinajstić information content (AvgIpc) is 2.86. The number of unbranched alkanes of at least 4 members (excludes halogenated alkanes) is 1. The number of hydrogen-bond acceptors (Lipinski definition) is 5. The normalized spacial score (nSPS) is 10.3. The Kier molecular flexibility index (Phi) is 9.70. The lowest BCUT2D eigenvalue weighted by Gasteiger charge is -2.10. The van der Waals surface area contributed by atoms with Gasteiger partial charge >= 0.3 is 5.97 Å². The summed E-state index contributed by atoms with van der Waals surface area (Å²) in [6.45, 7) is 2.93. The maximum atomic E-state index is 12.4. The summed E-state index contributed by atoms with van der Waals surface area (Å²) in [5.41, 5.74) is 2.59. The van der Waals surface area contributed by atoms with Crippen molar-refractivity contribution in [1.29, 1.82) is 5.26 Å². The van der Waals surface area contributed by atoms with E-state index in [9.17, 15) is 14.9 Å². The Hall–Kier alpha value is -3.82. The van der Waals surface area contributed by atoms with Crippen LogP contribution >= 0.6 is 11.6 Å². The molecule has 0 atom stereocenters. The molecule has 0 bridgehead atoms. The highest BCUT2D eigenvalue weighted by atomic mass is 35.5. The Morgan fingerprint density at radius 1 is 1.00 bits per heavy atom. The molecule has 0 aliphatic carbocycles. The van der Waals surface area contributed by atoms with Crippen LogP contribution in [0.3, 0.4) is 0 Å². The zero-order valence-corrected chi connectivity index (χ0v) is 20.3. The highest BCUT2D eigenvalue weighted by molar-refractivity contribution is 6.30. The van der Waals surface area contributed by atoms with Gasteiger partial charge in [-0.15, -0.1) is 0 Å². The first-order chi connectivity index (χ1) is 17.0. The van der Waals surface area contributed by atoms with Crippen molar-refractivity contribution in [3.05, 3.63) is 94.0 Å². The van der Waals surface area contributed by atoms with Crippen LogP contribution in [0.2, 0.25) is 5.02 Å². The molecule has 0 spiro atoms. The quantitative estimate of drug-likeness (QED) is 0.268. The largest absolute Gasteiger partial charge is 0.465 e. The Morgan fingerprint density at radius 2 is 1.71 bits per heavy atom. The van der Waals surface area contributed by atoms with Crippen LogP contribution < -0.4 is 10.1 Å². The van der Waals surface area contributed by atoms with Crippen molar-refractivity contribution in [2.45, 2.75) is 32.6 Å². The summed E-state index contributed by atoms with van der Waals surface area (Å²) in [7, 11) is 0. The number of nitrogens with zero attached hydrogens (tertiary/aromatic N) is 1. The maximum Gasteiger partial charge on any atom is 0.310 e. The lowest BCUT2D eigenvalue weighted by molar-refractivity contribution is -0.142. The summed E-state index contributed by atoms with van der Waals surface area (Å²) in [6.07, 6.45) is 2.58. The number of benzene rings is 3. The molecule has 3 rings (SSSR count). The molecule has 0 aliphatic rings. The van der Waals surface area contributed by atoms with E-state index in [-0.39, 0.29) is 18.3 Å². The molecule has 0 aliphatic heterocycles. The molecule has 0 saturated carbocycles. The molecule has 180 valence electrons. The van der Waals surface area contributed by atoms with Gasteiger partial charge in [0.2, 0.25) is 0 Å². The van der Waals surface area contributed by atoms with E-state index in [1.807, 2.05) is 31.2 Å². The number of carbonyl (C=O) groups is 2. The fourth-order valence-electron chi connectivity index (χ4n) is 3.29. The number of esters is 1. The zero-order chi connectivity index (χ0) is 25.0. The number of hydrogen-bond donors (Lipinski definition) is 1. The van der Waals surface area contributed by atoms with Crippen molar-refractivity contribution in [3.8, 4) is 17.6 Å². The fraction of sp³-hybridized carbons (Fsp3) is 0.250. The minimum absolute atomic E-state index is 0.0977. The number of amides is 1. The van der Waals surface area contributed by atoms with Gasteiger partial charge in [0.15, 0.2) is 0 Å². The Balaban J connectivity index is 1.54. The summed E-state index contributed by atoms with van der Waals surface area (Å²) in [6, 6.07) is 21.3. The first-order valence-corrected chi connectivity index (χ1v) is 11.9. The van der Waals surface area contributed by atoms with Gasteiger partial charge in [-0.3, -0.25) is 9.59 Å². The van der Waals surface area contributed by atoms with E-state index in [2.05, 4.69) is 11.4 Å². The van der Waals surface area contributed by atoms with Gasteiger partial charge < -0.3 is 14.8 Å². The van der Waals surface area contributed by atoms with E-state index < -0.39 is 0 Å². The van der Waals surface area contributed by atoms with Gasteiger partial charge in [0.05, 0.1) is 18.6 Å². The number of ether oxygens (including phenoxy) is 2. The third-order valence-electron chi connectivity index (χ3n) is 5.23. The minimum Gasteiger partial charge on any atom is -0.465 e. The van der Waals surface area contributed by atoms with E-state index in [1.54, 1.807) is 42.5 Å². The third-order valence-corrected chi connectivity index (χ3v) is 5.48. The second kappa shape index (κ2) is 13.2. The van der Waals surface area contributed by atoms with Crippen molar-refractivity contribution in [1.82, 2.24) is 5.32 Å². The Bertz CT molecular complexity index is 1190. The molecule has 1 amide bonds. The molecule has 6 nitrogen and oxygen atoms in total. The van der Waals surface area contributed by atoms with Gasteiger partial charge in [-0.05, 0) is 72.5 Å². The molecule has 3 aromatic carbocycles. The lowest BCUT2D eigenvalue weighted by Crippen LogP contribution is -2.25. The third kappa shape index (κ3) is 8.16. The highest BCUT2D eigenvalue weighted by Crippen LogP contribution is 2.26. The van der Waals surface area contributed by atoms with E-state index in [0.29, 0.717) is 52.8 Å². The molecule has 0 heterocycles. The van der Waals surface area contributed by atoms with Crippen molar-refractivity contribution in [2.24, 2.45) is 0 Å². The van der Waals surface area contributed by atoms with Crippen molar-refractivity contribution in [3.63, 3.8) is 0 Å². The number of nitrogens with one attached hydrogen (secondary N) is 1. The van der Waals surface area contributed by atoms with Crippen LogP contribution in [-0.2, 0) is 22.4 Å². The first-order valence-electron chi connectivity index (χ1n) is 11.5. The molecule has 0 unspecified atom stereocenters. The van der Waals surface area contributed by atoms with Crippen molar-refractivity contribution < 1.29 is 19.1 Å². The SMILES string of the molecule is CCCCOC(=O)Cc1ccc(Oc2ccc(C(=O)NCCc3ccc(Cl)cc3)cc2)c(C#N)c1. The van der Waals surface area contributed by atoms with Crippen LogP contribution in [-0.4, -0.2) is 25.0 Å². The average molecular weight is 491 g/mol. The Morgan fingerprint density at radius 3 is 2.40 bits per heavy atom. The lowest BCUT2D eigenvalue weighted by atomic mass is 10.1. The number of carbonyl (C=O) groups excluding carboxylic acids is 2. The molecule has 0 saturated heterocycles. The minimum atomic E-state index is -0.321. The summed E-state index contributed by atoms with van der Waals surface area (Å²) in [5, 5.41) is 13.1. The molecule has 7 heteroatoms. The van der Waals surface area contributed by atoms with Crippen molar-refractivity contribution in [2.75, 3.05) is 13.2 Å². The van der Waals surface area contributed by atoms with E-state index >= 15 is 0 Å². The second-order valence-corrected chi connectivity index (χ2v) is 8.39. The molecular weight excluding hydrogens is 464 g/mol. The molecular formula is C28H27ClN2O4. The summed E-state index contributed by atoms with van der Waals surface area (Å²) in [4.78, 5) is 24.3. The maximum absolute atomic E-state index is 12.4. The molecule has 0 fully saturated rings. The summed E-state index contributed by atoms with van der Waals surface area (Å²) >= 11 is 5.89. The van der Waals surface area contributed by atoms with Gasteiger partial charge in [-0.2, -0.15) is 5.26 Å². The van der Waals surface area contributed by atoms with Crippen LogP contribution in [0.25, 0.3) is 0 Å². The summed E-state index contributed by atoms with van der Waals surface area (Å²) < 4.78 is 11.0. The second-order valence-electron chi connectivity index (χ2n) is 7.95. The van der Waals surface area contributed by atoms with Crippen LogP contribution in [0.1, 0.15) is 46.8 Å².